The third-order valence-electron chi connectivity index (χ3n) is 13.3. The van der Waals surface area contributed by atoms with Gasteiger partial charge in [-0.15, -0.1) is 0 Å². The van der Waals surface area contributed by atoms with Crippen LogP contribution < -0.4 is 25.0 Å². The van der Waals surface area contributed by atoms with Gasteiger partial charge >= 0.3 is 0 Å². The van der Waals surface area contributed by atoms with E-state index in [1.807, 2.05) is 30.3 Å². The molecule has 2 aromatic heterocycles. The standard InChI is InChI=1S/C47H50N8O7/c1-2-53(32-22-35(23-32)61-34-11-12-36-38(24-34)47(60)55(46(36)59)39-13-16-42(56)52-45(39)58)27-28-17-20-54(21-18-28)41-15-6-30(26-50-41)44(57)51-31-7-9-33(10-8-31)62-40-14-5-29(25-48)43-37(40)4-3-19-49-43/h3-6,11-12,14-15,19,24,26,28,31-33,35,39H,2,7-10,13,16-18,20-23,27H2,1H3,(H,51,57)(H,52,56,58). The van der Waals surface area contributed by atoms with Crippen molar-refractivity contribution in [3.63, 3.8) is 0 Å². The fourth-order valence-corrected chi connectivity index (χ4v) is 9.68. The molecule has 5 amide bonds. The predicted octanol–water partition coefficient (Wildman–Crippen LogP) is 5.17. The Morgan fingerprint density at radius 3 is 2.42 bits per heavy atom. The van der Waals surface area contributed by atoms with Crippen molar-refractivity contribution in [3.05, 3.63) is 89.2 Å². The van der Waals surface area contributed by atoms with Gasteiger partial charge in [-0.2, -0.15) is 5.26 Å². The molecule has 3 aliphatic heterocycles. The van der Waals surface area contributed by atoms with Crippen LogP contribution in [0.25, 0.3) is 10.9 Å². The smallest absolute Gasteiger partial charge is 0.262 e. The molecule has 320 valence electrons. The van der Waals surface area contributed by atoms with Crippen molar-refractivity contribution in [2.45, 2.75) is 101 Å². The van der Waals surface area contributed by atoms with E-state index in [1.165, 1.54) is 0 Å². The number of pyridine rings is 2. The first kappa shape index (κ1) is 41.0. The number of fused-ring (bicyclic) bond motifs is 2. The second-order valence-electron chi connectivity index (χ2n) is 17.1. The Kier molecular flexibility index (Phi) is 11.6. The van der Waals surface area contributed by atoms with Gasteiger partial charge in [-0.3, -0.25) is 39.2 Å². The maximum Gasteiger partial charge on any atom is 0.262 e. The lowest BCUT2D eigenvalue weighted by atomic mass is 9.86. The maximum atomic E-state index is 13.3. The molecular weight excluding hydrogens is 789 g/mol. The number of rotatable bonds is 12. The van der Waals surface area contributed by atoms with Gasteiger partial charge < -0.3 is 24.6 Å². The summed E-state index contributed by atoms with van der Waals surface area (Å²) < 4.78 is 12.6. The van der Waals surface area contributed by atoms with Crippen LogP contribution in [0.3, 0.4) is 0 Å². The molecule has 2 aromatic carbocycles. The normalized spacial score (nSPS) is 24.0. The van der Waals surface area contributed by atoms with Crippen molar-refractivity contribution in [3.8, 4) is 17.6 Å². The minimum atomic E-state index is -0.999. The van der Waals surface area contributed by atoms with Crippen molar-refractivity contribution in [1.29, 1.82) is 5.26 Å². The number of aromatic nitrogens is 2. The molecule has 9 rings (SSSR count). The largest absolute Gasteiger partial charge is 0.490 e. The molecule has 2 N–H and O–H groups in total. The number of imide groups is 2. The fraction of sp³-hybridized carbons (Fsp3) is 0.447. The lowest BCUT2D eigenvalue weighted by molar-refractivity contribution is -0.136. The number of nitrogens with zero attached hydrogens (tertiary/aromatic N) is 6. The van der Waals surface area contributed by atoms with E-state index in [0.717, 1.165) is 99.4 Å². The number of nitriles is 1. The third-order valence-corrected chi connectivity index (χ3v) is 13.3. The highest BCUT2D eigenvalue weighted by molar-refractivity contribution is 6.23. The van der Waals surface area contributed by atoms with Crippen molar-refractivity contribution in [2.75, 3.05) is 31.1 Å². The van der Waals surface area contributed by atoms with E-state index in [9.17, 15) is 29.2 Å². The molecular formula is C47H50N8O7. The Morgan fingerprint density at radius 1 is 0.903 bits per heavy atom. The molecule has 1 unspecified atom stereocenters. The molecule has 15 heteroatoms. The summed E-state index contributed by atoms with van der Waals surface area (Å²) in [7, 11) is 0. The second kappa shape index (κ2) is 17.5. The van der Waals surface area contributed by atoms with Crippen LogP contribution in [0.1, 0.15) is 108 Å². The van der Waals surface area contributed by atoms with Crippen LogP contribution in [-0.2, 0) is 9.59 Å². The van der Waals surface area contributed by atoms with E-state index in [2.05, 4.69) is 38.4 Å². The number of carbonyl (C=O) groups is 5. The van der Waals surface area contributed by atoms with Gasteiger partial charge in [-0.25, -0.2) is 4.98 Å². The summed E-state index contributed by atoms with van der Waals surface area (Å²) in [5.74, 6) is 0.483. The molecule has 2 aliphatic carbocycles. The van der Waals surface area contributed by atoms with Gasteiger partial charge in [0, 0.05) is 68.8 Å². The highest BCUT2D eigenvalue weighted by Gasteiger charge is 2.45. The molecule has 5 aliphatic rings. The summed E-state index contributed by atoms with van der Waals surface area (Å²) in [5.41, 5.74) is 2.18. The Labute approximate surface area is 359 Å². The zero-order chi connectivity index (χ0) is 42.9. The number of nitrogens with one attached hydrogen (secondary N) is 2. The third kappa shape index (κ3) is 8.31. The maximum absolute atomic E-state index is 13.3. The fourth-order valence-electron chi connectivity index (χ4n) is 9.68. The van der Waals surface area contributed by atoms with Crippen molar-refractivity contribution in [2.24, 2.45) is 5.92 Å². The average Bonchev–Trinajstić information content (AvgIpc) is 3.52. The van der Waals surface area contributed by atoms with Gasteiger partial charge in [0.05, 0.1) is 33.9 Å². The highest BCUT2D eigenvalue weighted by atomic mass is 16.5. The number of amides is 5. The Hall–Kier alpha value is -6.40. The van der Waals surface area contributed by atoms with Crippen LogP contribution in [0, 0.1) is 17.2 Å². The molecule has 62 heavy (non-hydrogen) atoms. The van der Waals surface area contributed by atoms with Crippen LogP contribution in [0.2, 0.25) is 0 Å². The van der Waals surface area contributed by atoms with Gasteiger partial charge in [0.1, 0.15) is 35.5 Å². The summed E-state index contributed by atoms with van der Waals surface area (Å²) in [4.78, 5) is 78.4. The Morgan fingerprint density at radius 2 is 1.69 bits per heavy atom. The molecule has 0 radical (unpaired) electrons. The van der Waals surface area contributed by atoms with Crippen LogP contribution in [0.15, 0.2) is 67.0 Å². The topological polar surface area (TPSA) is 187 Å². The number of hydrogen-bond donors (Lipinski definition) is 2. The van der Waals surface area contributed by atoms with Gasteiger partial charge in [0.2, 0.25) is 11.8 Å². The SMILES string of the molecule is CCN(CC1CCN(c2ccc(C(=O)NC3CCC(Oc4ccc(C#N)c5ncccc45)CC3)cn2)CC1)C1CC(Oc2ccc3c(c2)C(=O)N(C2CCC(=O)NC2=O)C3=O)C1. The van der Waals surface area contributed by atoms with Gasteiger partial charge in [0.25, 0.3) is 17.7 Å². The summed E-state index contributed by atoms with van der Waals surface area (Å²) >= 11 is 0. The van der Waals surface area contributed by atoms with Crippen molar-refractivity contribution in [1.82, 2.24) is 30.4 Å². The van der Waals surface area contributed by atoms with Crippen molar-refractivity contribution < 1.29 is 33.4 Å². The number of piperidine rings is 2. The minimum absolute atomic E-state index is 0.00115. The van der Waals surface area contributed by atoms with Crippen LogP contribution in [0.5, 0.6) is 11.5 Å². The monoisotopic (exact) mass is 838 g/mol. The van der Waals surface area contributed by atoms with Gasteiger partial charge in [-0.1, -0.05) is 6.92 Å². The Balaban J connectivity index is 0.696. The highest BCUT2D eigenvalue weighted by Crippen LogP contribution is 2.36. The van der Waals surface area contributed by atoms with E-state index in [4.69, 9.17) is 14.5 Å². The zero-order valence-electron chi connectivity index (χ0n) is 34.8. The lowest BCUT2D eigenvalue weighted by Gasteiger charge is -2.44. The van der Waals surface area contributed by atoms with E-state index in [0.29, 0.717) is 34.4 Å². The minimum Gasteiger partial charge on any atom is -0.490 e. The number of benzene rings is 2. The van der Waals surface area contributed by atoms with Crippen molar-refractivity contribution >= 4 is 46.3 Å². The lowest BCUT2D eigenvalue weighted by Crippen LogP contribution is -2.54. The van der Waals surface area contributed by atoms with E-state index in [1.54, 1.807) is 36.7 Å². The van der Waals surface area contributed by atoms with Gasteiger partial charge in [0.15, 0.2) is 0 Å². The molecule has 15 nitrogen and oxygen atoms in total. The zero-order valence-corrected chi connectivity index (χ0v) is 34.8. The molecule has 4 aromatic rings. The number of anilines is 1. The molecule has 4 fully saturated rings. The molecule has 2 saturated carbocycles. The summed E-state index contributed by atoms with van der Waals surface area (Å²) in [6.07, 6.45) is 10.7. The quantitative estimate of drug-likeness (QED) is 0.179. The summed E-state index contributed by atoms with van der Waals surface area (Å²) in [6.45, 7) is 5.95. The van der Waals surface area contributed by atoms with Crippen LogP contribution in [-0.4, -0.2) is 106 Å². The first-order chi connectivity index (χ1) is 30.1. The van der Waals surface area contributed by atoms with Crippen LogP contribution >= 0.6 is 0 Å². The first-order valence-electron chi connectivity index (χ1n) is 21.9. The number of ether oxygens (including phenoxy) is 2. The Bertz CT molecular complexity index is 2430. The molecule has 5 heterocycles. The average molecular weight is 839 g/mol. The van der Waals surface area contributed by atoms with E-state index < -0.39 is 29.7 Å². The predicted molar refractivity (Wildman–Crippen MR) is 228 cm³/mol. The number of hydrogen-bond acceptors (Lipinski definition) is 12. The number of carbonyl (C=O) groups excluding carboxylic acids is 5. The van der Waals surface area contributed by atoms with E-state index in [-0.39, 0.29) is 48.1 Å². The molecule has 0 spiro atoms. The van der Waals surface area contributed by atoms with Gasteiger partial charge in [-0.05, 0) is 112 Å². The summed E-state index contributed by atoms with van der Waals surface area (Å²) in [6, 6.07) is 17.8. The van der Waals surface area contributed by atoms with Crippen LogP contribution in [0.4, 0.5) is 5.82 Å². The van der Waals surface area contributed by atoms with E-state index >= 15 is 0 Å². The molecule has 1 atom stereocenters. The molecule has 2 saturated heterocycles. The molecule has 0 bridgehead atoms. The summed E-state index contributed by atoms with van der Waals surface area (Å²) in [5, 5.41) is 15.7. The first-order valence-corrected chi connectivity index (χ1v) is 21.9. The second-order valence-corrected chi connectivity index (χ2v) is 17.1.